The number of thioether (sulfide) groups is 1. The van der Waals surface area contributed by atoms with Crippen molar-refractivity contribution in [3.63, 3.8) is 0 Å². The molecule has 0 atom stereocenters. The van der Waals surface area contributed by atoms with E-state index in [9.17, 15) is 93.0 Å². The molecule has 0 aliphatic rings. The molecule has 460 valence electrons. The first-order valence-corrected chi connectivity index (χ1v) is 34.6. The average molecular weight is 1360 g/mol. The van der Waals surface area contributed by atoms with Crippen LogP contribution in [0.1, 0.15) is 36.5 Å². The molecule has 0 fully saturated rings. The maximum absolute atomic E-state index is 12.7. The van der Waals surface area contributed by atoms with Gasteiger partial charge in [-0.3, -0.25) is 36.5 Å². The first-order chi connectivity index (χ1) is 40.4. The summed E-state index contributed by atoms with van der Waals surface area (Å²) >= 11 is 1.47. The fraction of sp³-hybridized carbons (Fsp3) is 0.217. The van der Waals surface area contributed by atoms with Crippen molar-refractivity contribution in [1.29, 1.82) is 5.26 Å². The summed E-state index contributed by atoms with van der Waals surface area (Å²) in [4.78, 5) is 16.8. The number of hydrogen-bond acceptors (Lipinski definition) is 27. The van der Waals surface area contributed by atoms with E-state index in [4.69, 9.17) is 9.47 Å². The quantitative estimate of drug-likeness (QED) is 0.0136. The Morgan fingerprint density at radius 2 is 1.30 bits per heavy atom. The van der Waals surface area contributed by atoms with Gasteiger partial charge in [0.2, 0.25) is 16.9 Å². The molecule has 8 rings (SSSR count). The third-order valence-electron chi connectivity index (χ3n) is 12.1. The number of thiazole rings is 1. The SMILES string of the molecule is COc1cc(N=Nc2cc(OCCCS(=O)(=O)O)c(N=Nc3c(C)c(C#N)c4nc5c(NC(C)=O)ccc(S(=O)(=O)O)c5n4c3O)cc2C)c(SCCCS(=O)(=O)O)cc1N=Nc1nc2c(S(=O)(=O)O)cc3c(S(=O)(=O)O)cc(S(=O)(=O)O)cc3c2s1. The molecule has 0 radical (unpaired) electrons. The van der Waals surface area contributed by atoms with Crippen molar-refractivity contribution in [3.8, 4) is 23.4 Å². The summed E-state index contributed by atoms with van der Waals surface area (Å²) in [5.74, 6) is -3.11. The van der Waals surface area contributed by atoms with Gasteiger partial charge in [-0.05, 0) is 80.5 Å². The summed E-state index contributed by atoms with van der Waals surface area (Å²) in [5.41, 5.74) is -2.30. The molecule has 1 amide bonds. The molecule has 0 aliphatic heterocycles. The van der Waals surface area contributed by atoms with Crippen LogP contribution in [-0.4, -0.2) is 134 Å². The van der Waals surface area contributed by atoms with Crippen molar-refractivity contribution < 1.29 is 97.2 Å². The fourth-order valence-corrected chi connectivity index (χ4v) is 14.1. The number of amides is 1. The van der Waals surface area contributed by atoms with Crippen molar-refractivity contribution in [3.05, 3.63) is 71.3 Å². The van der Waals surface area contributed by atoms with Crippen LogP contribution in [-0.2, 0) is 65.5 Å². The lowest BCUT2D eigenvalue weighted by Gasteiger charge is -2.12. The number of imidazole rings is 1. The molecule has 8 N–H and O–H groups in total. The second-order valence-electron chi connectivity index (χ2n) is 18.2. The van der Waals surface area contributed by atoms with Gasteiger partial charge in [0.25, 0.3) is 60.7 Å². The van der Waals surface area contributed by atoms with Gasteiger partial charge in [0, 0.05) is 40.3 Å². The van der Waals surface area contributed by atoms with E-state index < -0.39 is 131 Å². The molecule has 0 spiro atoms. The summed E-state index contributed by atoms with van der Waals surface area (Å²) < 4.78 is 217. The third kappa shape index (κ3) is 14.6. The number of ether oxygens (including phenoxy) is 2. The lowest BCUT2D eigenvalue weighted by Crippen LogP contribution is -2.08. The molecule has 3 aromatic heterocycles. The zero-order valence-electron chi connectivity index (χ0n) is 44.4. The van der Waals surface area contributed by atoms with Gasteiger partial charge in [-0.1, -0.05) is 11.3 Å². The number of anilines is 1. The highest BCUT2D eigenvalue weighted by Crippen LogP contribution is 2.47. The maximum atomic E-state index is 12.7. The zero-order valence-corrected chi connectivity index (χ0v) is 51.0. The molecule has 0 aliphatic carbocycles. The van der Waals surface area contributed by atoms with Crippen LogP contribution >= 0.6 is 23.1 Å². The molecule has 8 aromatic rings. The lowest BCUT2D eigenvalue weighted by molar-refractivity contribution is -0.114. The number of benzene rings is 5. The minimum Gasteiger partial charge on any atom is -0.494 e. The number of methoxy groups -OCH3 is 1. The van der Waals surface area contributed by atoms with Gasteiger partial charge in [-0.2, -0.15) is 60.9 Å². The van der Waals surface area contributed by atoms with E-state index in [1.165, 1.54) is 45.2 Å². The highest BCUT2D eigenvalue weighted by Gasteiger charge is 2.30. The Balaban J connectivity index is 1.23. The number of carbonyl (C=O) groups excluding carboxylic acids is 1. The van der Waals surface area contributed by atoms with Crippen LogP contribution in [0, 0.1) is 25.2 Å². The fourth-order valence-electron chi connectivity index (χ4n) is 8.33. The van der Waals surface area contributed by atoms with E-state index in [2.05, 4.69) is 46.0 Å². The molecule has 3 heterocycles. The summed E-state index contributed by atoms with van der Waals surface area (Å²) in [7, 11) is -28.5. The van der Waals surface area contributed by atoms with Gasteiger partial charge < -0.3 is 19.9 Å². The number of nitrogens with zero attached hydrogens (tertiary/aromatic N) is 10. The lowest BCUT2D eigenvalue weighted by atomic mass is 10.1. The first-order valence-electron chi connectivity index (χ1n) is 23.9. The number of rotatable bonds is 22. The normalized spacial score (nSPS) is 13.1. The molecular formula is C46H41N11O22S8. The summed E-state index contributed by atoms with van der Waals surface area (Å²) in [6.45, 7) is 3.65. The Bertz CT molecular complexity index is 5110. The van der Waals surface area contributed by atoms with Gasteiger partial charge in [0.05, 0.1) is 51.7 Å². The number of aromatic hydroxyl groups is 1. The molecule has 87 heavy (non-hydrogen) atoms. The summed E-state index contributed by atoms with van der Waals surface area (Å²) in [6, 6.07) is 11.0. The Hall–Kier alpha value is -7.83. The number of nitriles is 1. The Morgan fingerprint density at radius 3 is 1.91 bits per heavy atom. The van der Waals surface area contributed by atoms with Crippen molar-refractivity contribution in [2.75, 3.05) is 36.3 Å². The molecule has 0 saturated heterocycles. The van der Waals surface area contributed by atoms with Crippen molar-refractivity contribution >= 4 is 167 Å². The largest absolute Gasteiger partial charge is 0.494 e. The van der Waals surface area contributed by atoms with E-state index in [0.717, 1.165) is 41.3 Å². The van der Waals surface area contributed by atoms with Crippen molar-refractivity contribution in [2.24, 2.45) is 30.7 Å². The van der Waals surface area contributed by atoms with Crippen molar-refractivity contribution in [2.45, 2.75) is 58.1 Å². The molecule has 0 unspecified atom stereocenters. The van der Waals surface area contributed by atoms with Gasteiger partial charge in [0.15, 0.2) is 11.3 Å². The number of azo groups is 3. The number of carbonyl (C=O) groups is 1. The molecule has 0 bridgehead atoms. The number of fused-ring (bicyclic) bond motifs is 6. The average Bonchev–Trinajstić information content (AvgIpc) is 1.67. The Labute approximate surface area is 500 Å². The summed E-state index contributed by atoms with van der Waals surface area (Å²) in [6.07, 6.45) is -0.386. The monoisotopic (exact) mass is 1360 g/mol. The van der Waals surface area contributed by atoms with E-state index >= 15 is 0 Å². The van der Waals surface area contributed by atoms with Crippen molar-refractivity contribution in [1.82, 2.24) is 14.4 Å². The van der Waals surface area contributed by atoms with Crippen LogP contribution in [0.25, 0.3) is 37.7 Å². The number of hydrogen-bond donors (Lipinski definition) is 8. The van der Waals surface area contributed by atoms with Crippen LogP contribution < -0.4 is 14.8 Å². The van der Waals surface area contributed by atoms with Gasteiger partial charge in [0.1, 0.15) is 65.9 Å². The number of aryl methyl sites for hydroxylation is 1. The molecule has 33 nitrogen and oxygen atoms in total. The van der Waals surface area contributed by atoms with Gasteiger partial charge in [-0.15, -0.1) is 37.3 Å². The third-order valence-corrected chi connectivity index (χ3v) is 19.3. The van der Waals surface area contributed by atoms with Crippen LogP contribution in [0.2, 0.25) is 0 Å². The zero-order chi connectivity index (χ0) is 64.1. The van der Waals surface area contributed by atoms with Crippen LogP contribution in [0.4, 0.5) is 39.3 Å². The summed E-state index contributed by atoms with van der Waals surface area (Å²) in [5, 5.41) is 48.7. The standard InChI is InChI=1S/C46H41N11O22S8/c1-21-13-30(52-55-39-22(2)27(20-47)44-49-40-28(48-23(3)58)7-8-36(85(69,70)71)42(40)57(44)45(39)59)34(79-9-5-11-82(60,61)62)17-29(21)51-54-32-18-33(78-4)31(19-35(32)80-10-6-12-83(63,64)65)53-56-46-50-41-38(87(75,76)77)16-25-26(43(41)81-46)14-24(84(66,67)68)15-37(25)86(72,73)74/h7-8,13-19,59H,5-6,9-12H2,1-4H3,(H,48,58)(H,60,61,62)(H,63,64,65)(H,66,67,68)(H,69,70,71)(H,72,73,74)(H,75,76,77). The highest BCUT2D eigenvalue weighted by atomic mass is 32.2. The first kappa shape index (κ1) is 65.2. The number of aromatic nitrogens is 3. The Morgan fingerprint density at radius 1 is 0.690 bits per heavy atom. The van der Waals surface area contributed by atoms with E-state index in [1.807, 2.05) is 6.07 Å². The minimum absolute atomic E-state index is 0.000648. The maximum Gasteiger partial charge on any atom is 0.296 e. The van der Waals surface area contributed by atoms with E-state index in [1.54, 1.807) is 0 Å². The minimum atomic E-state index is -5.34. The van der Waals surface area contributed by atoms with E-state index in [-0.39, 0.29) is 108 Å². The number of nitrogens with one attached hydrogen (secondary N) is 1. The van der Waals surface area contributed by atoms with Gasteiger partial charge in [-0.25, -0.2) is 9.97 Å². The second-order valence-corrected chi connectivity index (χ2v) is 29.0. The second kappa shape index (κ2) is 24.4. The molecule has 5 aromatic carbocycles. The van der Waals surface area contributed by atoms with Gasteiger partial charge >= 0.3 is 0 Å². The molecular weight excluding hydrogens is 1320 g/mol. The molecule has 0 saturated carbocycles. The van der Waals surface area contributed by atoms with E-state index in [0.29, 0.717) is 23.5 Å². The van der Waals surface area contributed by atoms with Crippen LogP contribution in [0.3, 0.4) is 0 Å². The van der Waals surface area contributed by atoms with Crippen LogP contribution in [0.15, 0.2) is 110 Å². The number of pyridine rings is 1. The predicted molar refractivity (Wildman–Crippen MR) is 309 cm³/mol. The smallest absolute Gasteiger partial charge is 0.296 e. The topological polar surface area (TPSA) is 522 Å². The van der Waals surface area contributed by atoms with Crippen LogP contribution in [0.5, 0.6) is 17.4 Å². The highest BCUT2D eigenvalue weighted by molar-refractivity contribution is 7.99. The molecule has 41 heteroatoms. The predicted octanol–water partition coefficient (Wildman–Crippen LogP) is 8.67. The Kier molecular flexibility index (Phi) is 18.3.